The summed E-state index contributed by atoms with van der Waals surface area (Å²) in [5.74, 6) is 0. The number of hydrogen-bond acceptors (Lipinski definition) is 1. The Balaban J connectivity index is 0.00000121. The lowest BCUT2D eigenvalue weighted by atomic mass is 10.4. The Morgan fingerprint density at radius 2 is 1.92 bits per heavy atom. The average Bonchev–Trinajstić information content (AvgIpc) is 2.28. The van der Waals surface area contributed by atoms with E-state index in [1.54, 1.807) is 4.90 Å². The topological polar surface area (TPSA) is 7.68 Å². The van der Waals surface area contributed by atoms with Crippen LogP contribution < -0.4 is 17.3 Å². The number of hydrogen-bond donors (Lipinski definition) is 1. The Labute approximate surface area is 82.3 Å². The van der Waals surface area contributed by atoms with Crippen LogP contribution in [0.2, 0.25) is 0 Å². The first kappa shape index (κ1) is 12.2. The molecule has 1 rings (SSSR count). The molecule has 0 radical (unpaired) electrons. The van der Waals surface area contributed by atoms with Gasteiger partial charge in [0.05, 0.1) is 19.6 Å². The van der Waals surface area contributed by atoms with Crippen molar-refractivity contribution in [3.05, 3.63) is 0 Å². The maximum absolute atomic E-state index is 2.56. The maximum Gasteiger partial charge on any atom is 0.0900 e. The Bertz CT molecular complexity index is 96.7. The quantitative estimate of drug-likeness (QED) is 0.480. The summed E-state index contributed by atoms with van der Waals surface area (Å²) < 4.78 is 0. The van der Waals surface area contributed by atoms with Crippen molar-refractivity contribution in [2.45, 2.75) is 20.3 Å². The van der Waals surface area contributed by atoms with E-state index in [1.807, 2.05) is 0 Å². The molecule has 0 aliphatic carbocycles. The van der Waals surface area contributed by atoms with E-state index in [2.05, 4.69) is 18.7 Å². The Morgan fingerprint density at radius 1 is 1.17 bits per heavy atom. The number of nitrogens with one attached hydrogen (secondary N) is 1. The van der Waals surface area contributed by atoms with Gasteiger partial charge >= 0.3 is 0 Å². The van der Waals surface area contributed by atoms with E-state index in [9.17, 15) is 0 Å². The van der Waals surface area contributed by atoms with Gasteiger partial charge in [-0.3, -0.25) is 4.90 Å². The highest BCUT2D eigenvalue weighted by Gasteiger charge is 2.13. The standard InChI is InChI=1S/C9H20N2.ClH/c1-3-10-6-5-7-11(4-2)9-8-10;/h3-9H2,1-2H3;1H. The normalized spacial score (nSPS) is 26.0. The fourth-order valence-electron chi connectivity index (χ4n) is 1.78. The fraction of sp³-hybridized carbons (Fsp3) is 1.00. The van der Waals surface area contributed by atoms with Gasteiger partial charge in [-0.15, -0.1) is 0 Å². The lowest BCUT2D eigenvalue weighted by molar-refractivity contribution is -0.896. The summed E-state index contributed by atoms with van der Waals surface area (Å²) in [6.07, 6.45) is 1.39. The zero-order chi connectivity index (χ0) is 8.10. The van der Waals surface area contributed by atoms with Crippen molar-refractivity contribution in [1.29, 1.82) is 0 Å². The first-order valence-corrected chi connectivity index (χ1v) is 4.92. The molecule has 1 aliphatic heterocycles. The molecule has 3 heteroatoms. The van der Waals surface area contributed by atoms with E-state index in [0.29, 0.717) is 0 Å². The molecule has 1 N–H and O–H groups in total. The minimum Gasteiger partial charge on any atom is -1.00 e. The second-order valence-electron chi connectivity index (χ2n) is 3.39. The molecule has 1 atom stereocenters. The Morgan fingerprint density at radius 3 is 2.50 bits per heavy atom. The summed E-state index contributed by atoms with van der Waals surface area (Å²) in [5, 5.41) is 0. The average molecular weight is 193 g/mol. The molecule has 0 aromatic rings. The van der Waals surface area contributed by atoms with E-state index in [4.69, 9.17) is 0 Å². The van der Waals surface area contributed by atoms with Crippen LogP contribution in [-0.2, 0) is 0 Å². The van der Waals surface area contributed by atoms with Crippen molar-refractivity contribution in [3.63, 3.8) is 0 Å². The van der Waals surface area contributed by atoms with Gasteiger partial charge in [0, 0.05) is 19.5 Å². The number of halogens is 1. The number of likely N-dealkylation sites (N-methyl/N-ethyl adjacent to an activating group) is 2. The molecule has 1 aliphatic rings. The summed E-state index contributed by atoms with van der Waals surface area (Å²) in [6, 6.07) is 0. The fourth-order valence-corrected chi connectivity index (χ4v) is 1.78. The molecule has 2 nitrogen and oxygen atoms in total. The van der Waals surface area contributed by atoms with E-state index in [1.165, 1.54) is 45.7 Å². The maximum atomic E-state index is 2.56. The van der Waals surface area contributed by atoms with Crippen molar-refractivity contribution in [2.75, 3.05) is 39.3 Å². The van der Waals surface area contributed by atoms with Crippen molar-refractivity contribution in [3.8, 4) is 0 Å². The van der Waals surface area contributed by atoms with Crippen LogP contribution in [0.5, 0.6) is 0 Å². The van der Waals surface area contributed by atoms with Crippen LogP contribution in [0.25, 0.3) is 0 Å². The number of rotatable bonds is 2. The van der Waals surface area contributed by atoms with Crippen LogP contribution in [-0.4, -0.2) is 44.2 Å². The molecule has 0 aromatic carbocycles. The van der Waals surface area contributed by atoms with Gasteiger partial charge in [-0.25, -0.2) is 0 Å². The molecular weight excluding hydrogens is 172 g/mol. The van der Waals surface area contributed by atoms with Gasteiger partial charge in [-0.05, 0) is 13.5 Å². The minimum absolute atomic E-state index is 0. The van der Waals surface area contributed by atoms with Gasteiger partial charge < -0.3 is 17.3 Å². The lowest BCUT2D eigenvalue weighted by Gasteiger charge is -2.16. The molecule has 74 valence electrons. The zero-order valence-corrected chi connectivity index (χ0v) is 9.03. The minimum atomic E-state index is 0. The summed E-state index contributed by atoms with van der Waals surface area (Å²) in [7, 11) is 0. The third-order valence-corrected chi connectivity index (χ3v) is 2.73. The second-order valence-corrected chi connectivity index (χ2v) is 3.39. The summed E-state index contributed by atoms with van der Waals surface area (Å²) in [5.41, 5.74) is 0. The third kappa shape index (κ3) is 3.74. The van der Waals surface area contributed by atoms with Crippen molar-refractivity contribution >= 4 is 0 Å². The van der Waals surface area contributed by atoms with Crippen LogP contribution in [0, 0.1) is 0 Å². The largest absolute Gasteiger partial charge is 1.00 e. The molecule has 1 saturated heterocycles. The summed E-state index contributed by atoms with van der Waals surface area (Å²) >= 11 is 0. The molecule has 0 aromatic heterocycles. The summed E-state index contributed by atoms with van der Waals surface area (Å²) in [6.45, 7) is 12.4. The number of nitrogens with zero attached hydrogens (tertiary/aromatic N) is 1. The molecule has 0 spiro atoms. The Hall–Kier alpha value is 0.210. The predicted octanol–water partition coefficient (Wildman–Crippen LogP) is -3.38. The van der Waals surface area contributed by atoms with Crippen LogP contribution >= 0.6 is 0 Å². The molecule has 12 heavy (non-hydrogen) atoms. The highest BCUT2D eigenvalue weighted by atomic mass is 35.5. The highest BCUT2D eigenvalue weighted by Crippen LogP contribution is 1.90. The summed E-state index contributed by atoms with van der Waals surface area (Å²) in [4.78, 5) is 4.34. The van der Waals surface area contributed by atoms with Crippen molar-refractivity contribution in [1.82, 2.24) is 4.90 Å². The van der Waals surface area contributed by atoms with E-state index in [0.717, 1.165) is 0 Å². The molecule has 0 saturated carbocycles. The van der Waals surface area contributed by atoms with Gasteiger partial charge in [0.2, 0.25) is 0 Å². The smallest absolute Gasteiger partial charge is 0.0900 e. The van der Waals surface area contributed by atoms with Crippen LogP contribution in [0.3, 0.4) is 0 Å². The molecule has 1 unspecified atom stereocenters. The van der Waals surface area contributed by atoms with Crippen molar-refractivity contribution in [2.24, 2.45) is 0 Å². The first-order valence-electron chi connectivity index (χ1n) is 4.92. The van der Waals surface area contributed by atoms with Gasteiger partial charge in [0.15, 0.2) is 0 Å². The van der Waals surface area contributed by atoms with Crippen LogP contribution in [0.1, 0.15) is 20.3 Å². The molecular formula is C9H21ClN2. The van der Waals surface area contributed by atoms with E-state index >= 15 is 0 Å². The molecule has 0 bridgehead atoms. The highest BCUT2D eigenvalue weighted by molar-refractivity contribution is 4.56. The van der Waals surface area contributed by atoms with Crippen LogP contribution in [0.4, 0.5) is 0 Å². The Kier molecular flexibility index (Phi) is 6.81. The number of quaternary nitrogens is 1. The van der Waals surface area contributed by atoms with E-state index < -0.39 is 0 Å². The molecule has 0 amide bonds. The lowest BCUT2D eigenvalue weighted by Crippen LogP contribution is -3.12. The van der Waals surface area contributed by atoms with Crippen molar-refractivity contribution < 1.29 is 17.3 Å². The third-order valence-electron chi connectivity index (χ3n) is 2.73. The van der Waals surface area contributed by atoms with Crippen LogP contribution in [0.15, 0.2) is 0 Å². The first-order chi connectivity index (χ1) is 5.36. The van der Waals surface area contributed by atoms with Gasteiger partial charge in [0.1, 0.15) is 0 Å². The van der Waals surface area contributed by atoms with Gasteiger partial charge in [0.25, 0.3) is 0 Å². The second kappa shape index (κ2) is 6.70. The SMILES string of the molecule is CCN1CCC[NH+](CC)CC1.[Cl-]. The van der Waals surface area contributed by atoms with Gasteiger partial charge in [-0.1, -0.05) is 6.92 Å². The van der Waals surface area contributed by atoms with E-state index in [-0.39, 0.29) is 12.4 Å². The molecule has 1 fully saturated rings. The predicted molar refractivity (Wildman–Crippen MR) is 48.0 cm³/mol. The van der Waals surface area contributed by atoms with Gasteiger partial charge in [-0.2, -0.15) is 0 Å². The monoisotopic (exact) mass is 192 g/mol. The molecule has 1 heterocycles. The zero-order valence-electron chi connectivity index (χ0n) is 8.27.